The lowest BCUT2D eigenvalue weighted by molar-refractivity contribution is -0.144. The normalized spacial score (nSPS) is 13.6. The molecule has 3 N–H and O–H groups in total. The molecule has 0 aliphatic carbocycles. The van der Waals surface area contributed by atoms with Gasteiger partial charge in [0.15, 0.2) is 0 Å². The minimum atomic E-state index is -1.24. The Morgan fingerprint density at radius 1 is 1.45 bits per heavy atom. The highest BCUT2D eigenvalue weighted by atomic mass is 32.1. The second-order valence-corrected chi connectivity index (χ2v) is 5.97. The summed E-state index contributed by atoms with van der Waals surface area (Å²) in [5.41, 5.74) is -1.24. The van der Waals surface area contributed by atoms with Crippen molar-refractivity contribution >= 4 is 23.3 Å². The number of aryl methyl sites for hydroxylation is 1. The highest BCUT2D eigenvalue weighted by molar-refractivity contribution is 7.11. The number of nitrogens with one attached hydrogen (secondary N) is 2. The zero-order valence-electron chi connectivity index (χ0n) is 12.0. The first kappa shape index (κ1) is 16.4. The third kappa shape index (κ3) is 4.48. The van der Waals surface area contributed by atoms with Crippen LogP contribution < -0.4 is 10.6 Å². The van der Waals surface area contributed by atoms with E-state index in [1.165, 1.54) is 18.3 Å². The molecule has 0 saturated carbocycles. The highest BCUT2D eigenvalue weighted by Crippen LogP contribution is 2.14. The minimum absolute atomic E-state index is 0.304. The maximum Gasteiger partial charge on any atom is 0.329 e. The standard InChI is InChI=1S/C13H21N3O3S/c1-4-6-13(3,11(17)18)16-12(19)15-8-10-14-7-9(5-2)20-10/h7H,4-6,8H2,1-3H3,(H,17,18)(H2,15,16,19). The van der Waals surface area contributed by atoms with Crippen molar-refractivity contribution in [3.63, 3.8) is 0 Å². The fourth-order valence-corrected chi connectivity index (χ4v) is 2.57. The summed E-state index contributed by atoms with van der Waals surface area (Å²) in [7, 11) is 0. The average molecular weight is 299 g/mol. The van der Waals surface area contributed by atoms with E-state index >= 15 is 0 Å². The van der Waals surface area contributed by atoms with E-state index in [0.29, 0.717) is 19.4 Å². The van der Waals surface area contributed by atoms with Gasteiger partial charge in [-0.3, -0.25) is 0 Å². The van der Waals surface area contributed by atoms with Gasteiger partial charge in [0.2, 0.25) is 0 Å². The van der Waals surface area contributed by atoms with E-state index in [0.717, 1.165) is 16.3 Å². The van der Waals surface area contributed by atoms with Gasteiger partial charge in [-0.2, -0.15) is 0 Å². The summed E-state index contributed by atoms with van der Waals surface area (Å²) >= 11 is 1.54. The molecule has 1 rings (SSSR count). The molecular weight excluding hydrogens is 278 g/mol. The number of urea groups is 1. The molecule has 1 unspecified atom stereocenters. The van der Waals surface area contributed by atoms with E-state index in [2.05, 4.69) is 15.6 Å². The first-order valence-corrected chi connectivity index (χ1v) is 7.46. The molecular formula is C13H21N3O3S. The topological polar surface area (TPSA) is 91.3 Å². The fourth-order valence-electron chi connectivity index (χ4n) is 1.77. The number of hydrogen-bond acceptors (Lipinski definition) is 4. The summed E-state index contributed by atoms with van der Waals surface area (Å²) in [6.07, 6.45) is 3.76. The van der Waals surface area contributed by atoms with E-state index in [1.54, 1.807) is 6.20 Å². The molecule has 0 aliphatic heterocycles. The first-order valence-electron chi connectivity index (χ1n) is 6.64. The van der Waals surface area contributed by atoms with Crippen LogP contribution in [0.1, 0.15) is 43.5 Å². The van der Waals surface area contributed by atoms with Crippen molar-refractivity contribution in [2.45, 2.75) is 52.1 Å². The summed E-state index contributed by atoms with van der Waals surface area (Å²) in [5.74, 6) is -1.03. The molecule has 0 spiro atoms. The van der Waals surface area contributed by atoms with Crippen molar-refractivity contribution in [3.8, 4) is 0 Å². The molecule has 0 fully saturated rings. The van der Waals surface area contributed by atoms with Gasteiger partial charge in [0.1, 0.15) is 10.5 Å². The Kier molecular flexibility index (Phi) is 5.94. The molecule has 0 aliphatic rings. The number of carboxylic acids is 1. The van der Waals surface area contributed by atoms with Crippen LogP contribution in [-0.2, 0) is 17.8 Å². The lowest BCUT2D eigenvalue weighted by atomic mass is 9.97. The summed E-state index contributed by atoms with van der Waals surface area (Å²) < 4.78 is 0. The molecule has 112 valence electrons. The Morgan fingerprint density at radius 2 is 2.15 bits per heavy atom. The van der Waals surface area contributed by atoms with Crippen molar-refractivity contribution in [3.05, 3.63) is 16.1 Å². The molecule has 20 heavy (non-hydrogen) atoms. The van der Waals surface area contributed by atoms with Crippen LogP contribution in [0.2, 0.25) is 0 Å². The minimum Gasteiger partial charge on any atom is -0.480 e. The molecule has 1 aromatic heterocycles. The number of aliphatic carboxylic acids is 1. The summed E-state index contributed by atoms with van der Waals surface area (Å²) in [6, 6.07) is -0.489. The van der Waals surface area contributed by atoms with E-state index < -0.39 is 17.5 Å². The molecule has 7 heteroatoms. The number of amides is 2. The fraction of sp³-hybridized carbons (Fsp3) is 0.615. The van der Waals surface area contributed by atoms with Gasteiger partial charge in [-0.15, -0.1) is 11.3 Å². The van der Waals surface area contributed by atoms with E-state index in [4.69, 9.17) is 0 Å². The van der Waals surface area contributed by atoms with Gasteiger partial charge >= 0.3 is 12.0 Å². The largest absolute Gasteiger partial charge is 0.480 e. The Bertz CT molecular complexity index is 475. The maximum atomic E-state index is 11.8. The number of aromatic nitrogens is 1. The molecule has 0 radical (unpaired) electrons. The molecule has 2 amide bonds. The Labute approximate surface area is 122 Å². The number of carbonyl (C=O) groups is 2. The average Bonchev–Trinajstić information content (AvgIpc) is 2.84. The van der Waals surface area contributed by atoms with Crippen LogP contribution in [-0.4, -0.2) is 27.6 Å². The van der Waals surface area contributed by atoms with Crippen LogP contribution >= 0.6 is 11.3 Å². The van der Waals surface area contributed by atoms with Crippen molar-refractivity contribution in [2.75, 3.05) is 0 Å². The van der Waals surface area contributed by atoms with Gasteiger partial charge in [0.25, 0.3) is 0 Å². The maximum absolute atomic E-state index is 11.8. The van der Waals surface area contributed by atoms with E-state index in [1.807, 2.05) is 13.8 Å². The van der Waals surface area contributed by atoms with Gasteiger partial charge in [0.05, 0.1) is 6.54 Å². The number of carbonyl (C=O) groups excluding carboxylic acids is 1. The zero-order valence-corrected chi connectivity index (χ0v) is 12.8. The SMILES string of the molecule is CCCC(C)(NC(=O)NCc1ncc(CC)s1)C(=O)O. The Balaban J connectivity index is 2.52. The molecule has 1 atom stereocenters. The smallest absolute Gasteiger partial charge is 0.329 e. The second-order valence-electron chi connectivity index (χ2n) is 4.77. The van der Waals surface area contributed by atoms with Gasteiger partial charge in [-0.05, 0) is 19.8 Å². The molecule has 0 saturated heterocycles. The lowest BCUT2D eigenvalue weighted by Crippen LogP contribution is -2.55. The predicted octanol–water partition coefficient (Wildman–Crippen LogP) is 2.15. The van der Waals surface area contributed by atoms with Crippen molar-refractivity contribution in [1.82, 2.24) is 15.6 Å². The van der Waals surface area contributed by atoms with E-state index in [-0.39, 0.29) is 0 Å². The van der Waals surface area contributed by atoms with Crippen molar-refractivity contribution < 1.29 is 14.7 Å². The Morgan fingerprint density at radius 3 is 2.65 bits per heavy atom. The van der Waals surface area contributed by atoms with Gasteiger partial charge < -0.3 is 15.7 Å². The van der Waals surface area contributed by atoms with E-state index in [9.17, 15) is 14.7 Å². The number of thiazole rings is 1. The summed E-state index contributed by atoms with van der Waals surface area (Å²) in [4.78, 5) is 28.3. The predicted molar refractivity (Wildman–Crippen MR) is 77.8 cm³/mol. The third-order valence-electron chi connectivity index (χ3n) is 2.96. The quantitative estimate of drug-likeness (QED) is 0.719. The van der Waals surface area contributed by atoms with Crippen LogP contribution in [0.4, 0.5) is 4.79 Å². The number of nitrogens with zero attached hydrogens (tertiary/aromatic N) is 1. The molecule has 0 bridgehead atoms. The number of hydrogen-bond donors (Lipinski definition) is 3. The Hall–Kier alpha value is -1.63. The summed E-state index contributed by atoms with van der Waals surface area (Å²) in [6.45, 7) is 5.73. The lowest BCUT2D eigenvalue weighted by Gasteiger charge is -2.25. The number of rotatable bonds is 7. The third-order valence-corrected chi connectivity index (χ3v) is 4.10. The summed E-state index contributed by atoms with van der Waals surface area (Å²) in [5, 5.41) is 15.1. The highest BCUT2D eigenvalue weighted by Gasteiger charge is 2.33. The first-order chi connectivity index (χ1) is 9.41. The zero-order chi connectivity index (χ0) is 15.2. The van der Waals surface area contributed by atoms with Crippen LogP contribution in [0, 0.1) is 0 Å². The van der Waals surface area contributed by atoms with Crippen LogP contribution in [0.15, 0.2) is 6.20 Å². The number of carboxylic acid groups (broad SMARTS) is 1. The molecule has 1 aromatic rings. The van der Waals surface area contributed by atoms with Crippen LogP contribution in [0.25, 0.3) is 0 Å². The van der Waals surface area contributed by atoms with Crippen molar-refractivity contribution in [1.29, 1.82) is 0 Å². The second kappa shape index (κ2) is 7.23. The van der Waals surface area contributed by atoms with Crippen molar-refractivity contribution in [2.24, 2.45) is 0 Å². The molecule has 0 aromatic carbocycles. The van der Waals surface area contributed by atoms with Gasteiger partial charge in [-0.1, -0.05) is 20.3 Å². The van der Waals surface area contributed by atoms with Crippen LogP contribution in [0.5, 0.6) is 0 Å². The molecule has 6 nitrogen and oxygen atoms in total. The molecule has 1 heterocycles. The van der Waals surface area contributed by atoms with Gasteiger partial charge in [-0.25, -0.2) is 14.6 Å². The van der Waals surface area contributed by atoms with Crippen LogP contribution in [0.3, 0.4) is 0 Å². The van der Waals surface area contributed by atoms with Gasteiger partial charge in [0, 0.05) is 11.1 Å². The monoisotopic (exact) mass is 299 g/mol.